The Balaban J connectivity index is 0.00000324. The van der Waals surface area contributed by atoms with E-state index in [2.05, 4.69) is 70.4 Å². The smallest absolute Gasteiger partial charge is 0.191 e. The van der Waals surface area contributed by atoms with Crippen molar-refractivity contribution in [2.45, 2.75) is 52.9 Å². The van der Waals surface area contributed by atoms with Crippen LogP contribution in [0.15, 0.2) is 60.1 Å². The van der Waals surface area contributed by atoms with Crippen molar-refractivity contribution in [3.63, 3.8) is 0 Å². The Morgan fingerprint density at radius 1 is 1.18 bits per heavy atom. The summed E-state index contributed by atoms with van der Waals surface area (Å²) in [6.07, 6.45) is 6.73. The molecule has 2 heterocycles. The number of imidazole rings is 1. The number of aromatic nitrogens is 2. The third-order valence-corrected chi connectivity index (χ3v) is 5.54. The second kappa shape index (κ2) is 12.6. The largest absolute Gasteiger partial charge is 0.494 e. The maximum absolute atomic E-state index is 5.95. The number of benzene rings is 2. The number of nitrogens with zero attached hydrogens (tertiary/aromatic N) is 3. The predicted molar refractivity (Wildman–Crippen MR) is 146 cm³/mol. The first-order valence-electron chi connectivity index (χ1n) is 11.7. The van der Waals surface area contributed by atoms with Gasteiger partial charge in [-0.1, -0.05) is 24.3 Å². The van der Waals surface area contributed by atoms with Crippen LogP contribution in [0.2, 0.25) is 0 Å². The van der Waals surface area contributed by atoms with Gasteiger partial charge in [0.2, 0.25) is 0 Å². The van der Waals surface area contributed by atoms with Crippen molar-refractivity contribution in [3.05, 3.63) is 77.4 Å². The fourth-order valence-corrected chi connectivity index (χ4v) is 3.94. The monoisotopic (exact) mass is 575 g/mol. The van der Waals surface area contributed by atoms with Crippen LogP contribution in [0.5, 0.6) is 11.5 Å². The molecule has 0 spiro atoms. The zero-order valence-corrected chi connectivity index (χ0v) is 22.4. The molecule has 0 radical (unpaired) electrons. The number of guanidine groups is 1. The molecule has 0 saturated carbocycles. The van der Waals surface area contributed by atoms with E-state index in [0.29, 0.717) is 19.7 Å². The van der Waals surface area contributed by atoms with E-state index < -0.39 is 0 Å². The molecule has 1 atom stereocenters. The first kappa shape index (κ1) is 25.9. The Kier molecular flexibility index (Phi) is 9.62. The van der Waals surface area contributed by atoms with Gasteiger partial charge in [0, 0.05) is 49.6 Å². The second-order valence-electron chi connectivity index (χ2n) is 8.23. The van der Waals surface area contributed by atoms with Crippen LogP contribution < -0.4 is 20.1 Å². The van der Waals surface area contributed by atoms with Gasteiger partial charge >= 0.3 is 0 Å². The third kappa shape index (κ3) is 6.88. The van der Waals surface area contributed by atoms with E-state index in [-0.39, 0.29) is 30.1 Å². The summed E-state index contributed by atoms with van der Waals surface area (Å²) in [5.74, 6) is 2.64. The minimum absolute atomic E-state index is 0. The summed E-state index contributed by atoms with van der Waals surface area (Å²) < 4.78 is 13.9. The number of halogens is 1. The molecule has 0 fully saturated rings. The van der Waals surface area contributed by atoms with E-state index in [0.717, 1.165) is 48.1 Å². The molecule has 7 nitrogen and oxygen atoms in total. The SMILES string of the molecule is CCNC(=NCc1ccc(Cn2ccnc2)cc1)NCc1cc2c(cc1OCC)CC(C)O2.I. The van der Waals surface area contributed by atoms with Crippen molar-refractivity contribution in [1.82, 2.24) is 20.2 Å². The molecular weight excluding hydrogens is 541 g/mol. The highest BCUT2D eigenvalue weighted by Crippen LogP contribution is 2.35. The Hall–Kier alpha value is -2.75. The van der Waals surface area contributed by atoms with Gasteiger partial charge in [-0.2, -0.15) is 0 Å². The normalized spacial score (nSPS) is 14.7. The van der Waals surface area contributed by atoms with Crippen molar-refractivity contribution >= 4 is 29.9 Å². The lowest BCUT2D eigenvalue weighted by Crippen LogP contribution is -2.36. The Morgan fingerprint density at radius 2 is 1.97 bits per heavy atom. The first-order valence-corrected chi connectivity index (χ1v) is 11.7. The molecule has 1 aliphatic heterocycles. The highest BCUT2D eigenvalue weighted by Gasteiger charge is 2.21. The van der Waals surface area contributed by atoms with Crippen LogP contribution in [0.1, 0.15) is 43.0 Å². The second-order valence-corrected chi connectivity index (χ2v) is 8.23. The number of ether oxygens (including phenoxy) is 2. The van der Waals surface area contributed by atoms with Gasteiger partial charge in [-0.3, -0.25) is 0 Å². The predicted octanol–water partition coefficient (Wildman–Crippen LogP) is 4.53. The van der Waals surface area contributed by atoms with Crippen LogP contribution in [-0.2, 0) is 26.1 Å². The standard InChI is InChI=1S/C26H33N5O2.HI/c1-4-28-26(29-15-20-6-8-21(9-7-20)17-31-11-10-27-18-31)30-16-23-14-25-22(12-19(3)33-25)13-24(23)32-5-2;/h6-11,13-14,18-19H,4-5,12,15-17H2,1-3H3,(H2,28,29,30);1H. The molecule has 3 aromatic rings. The number of hydrogen-bond donors (Lipinski definition) is 2. The Bertz CT molecular complexity index is 1070. The van der Waals surface area contributed by atoms with Gasteiger partial charge in [-0.05, 0) is 44.0 Å². The first-order chi connectivity index (χ1) is 16.1. The molecule has 4 rings (SSSR count). The van der Waals surface area contributed by atoms with E-state index in [1.54, 1.807) is 6.20 Å². The van der Waals surface area contributed by atoms with E-state index >= 15 is 0 Å². The molecule has 1 unspecified atom stereocenters. The minimum Gasteiger partial charge on any atom is -0.494 e. The topological polar surface area (TPSA) is 72.7 Å². The molecule has 2 N–H and O–H groups in total. The Morgan fingerprint density at radius 3 is 2.68 bits per heavy atom. The summed E-state index contributed by atoms with van der Waals surface area (Å²) in [6.45, 7) is 9.62. The molecule has 182 valence electrons. The number of nitrogens with one attached hydrogen (secondary N) is 2. The van der Waals surface area contributed by atoms with Gasteiger partial charge < -0.3 is 24.7 Å². The molecule has 0 aliphatic carbocycles. The van der Waals surface area contributed by atoms with Gasteiger partial charge in [0.1, 0.15) is 17.6 Å². The van der Waals surface area contributed by atoms with Gasteiger partial charge in [0.05, 0.1) is 19.5 Å². The number of fused-ring (bicyclic) bond motifs is 1. The van der Waals surface area contributed by atoms with Gasteiger partial charge in [0.15, 0.2) is 5.96 Å². The van der Waals surface area contributed by atoms with Crippen molar-refractivity contribution in [2.75, 3.05) is 13.2 Å². The molecule has 8 heteroatoms. The van der Waals surface area contributed by atoms with E-state index in [9.17, 15) is 0 Å². The molecule has 0 bridgehead atoms. The maximum Gasteiger partial charge on any atom is 0.191 e. The molecule has 0 saturated heterocycles. The van der Waals surface area contributed by atoms with E-state index in [1.807, 2.05) is 19.4 Å². The fraction of sp³-hybridized carbons (Fsp3) is 0.385. The van der Waals surface area contributed by atoms with Crippen LogP contribution in [0, 0.1) is 0 Å². The zero-order valence-electron chi connectivity index (χ0n) is 20.1. The summed E-state index contributed by atoms with van der Waals surface area (Å²) in [5, 5.41) is 6.77. The van der Waals surface area contributed by atoms with Crippen LogP contribution in [0.4, 0.5) is 0 Å². The van der Waals surface area contributed by atoms with E-state index in [1.165, 1.54) is 11.1 Å². The molecule has 1 aliphatic rings. The number of rotatable bonds is 9. The van der Waals surface area contributed by atoms with Crippen LogP contribution in [0.3, 0.4) is 0 Å². The lowest BCUT2D eigenvalue weighted by Gasteiger charge is -2.15. The van der Waals surface area contributed by atoms with Crippen molar-refractivity contribution in [1.29, 1.82) is 0 Å². The molecule has 0 amide bonds. The lowest BCUT2D eigenvalue weighted by atomic mass is 10.1. The average molecular weight is 575 g/mol. The van der Waals surface area contributed by atoms with Crippen molar-refractivity contribution in [3.8, 4) is 11.5 Å². The quantitative estimate of drug-likeness (QED) is 0.223. The molecule has 2 aromatic carbocycles. The van der Waals surface area contributed by atoms with Crippen LogP contribution in [0.25, 0.3) is 0 Å². The average Bonchev–Trinajstić information content (AvgIpc) is 3.45. The zero-order chi connectivity index (χ0) is 23.0. The maximum atomic E-state index is 5.95. The summed E-state index contributed by atoms with van der Waals surface area (Å²) in [4.78, 5) is 8.87. The summed E-state index contributed by atoms with van der Waals surface area (Å²) in [6, 6.07) is 12.8. The lowest BCUT2D eigenvalue weighted by molar-refractivity contribution is 0.254. The number of hydrogen-bond acceptors (Lipinski definition) is 4. The van der Waals surface area contributed by atoms with Crippen LogP contribution >= 0.6 is 24.0 Å². The van der Waals surface area contributed by atoms with Gasteiger partial charge in [0.25, 0.3) is 0 Å². The summed E-state index contributed by atoms with van der Waals surface area (Å²) in [5.41, 5.74) is 4.68. The molecule has 1 aromatic heterocycles. The van der Waals surface area contributed by atoms with Crippen molar-refractivity contribution < 1.29 is 9.47 Å². The van der Waals surface area contributed by atoms with Gasteiger partial charge in [-0.15, -0.1) is 24.0 Å². The highest BCUT2D eigenvalue weighted by molar-refractivity contribution is 14.0. The van der Waals surface area contributed by atoms with Crippen LogP contribution in [-0.4, -0.2) is 34.8 Å². The Labute approximate surface area is 219 Å². The summed E-state index contributed by atoms with van der Waals surface area (Å²) >= 11 is 0. The van der Waals surface area contributed by atoms with Crippen molar-refractivity contribution in [2.24, 2.45) is 4.99 Å². The third-order valence-electron chi connectivity index (χ3n) is 5.54. The minimum atomic E-state index is 0. The molecule has 34 heavy (non-hydrogen) atoms. The number of aliphatic imine (C=N–C) groups is 1. The summed E-state index contributed by atoms with van der Waals surface area (Å²) in [7, 11) is 0. The van der Waals surface area contributed by atoms with E-state index in [4.69, 9.17) is 14.5 Å². The fourth-order valence-electron chi connectivity index (χ4n) is 3.94. The molecular formula is C26H34IN5O2. The highest BCUT2D eigenvalue weighted by atomic mass is 127. The van der Waals surface area contributed by atoms with Gasteiger partial charge in [-0.25, -0.2) is 9.98 Å².